The van der Waals surface area contributed by atoms with E-state index in [9.17, 15) is 4.79 Å². The lowest BCUT2D eigenvalue weighted by atomic mass is 9.47. The predicted octanol–water partition coefficient (Wildman–Crippen LogP) is 9.67. The lowest BCUT2D eigenvalue weighted by molar-refractivity contribution is -0.0565. The van der Waals surface area contributed by atoms with Crippen molar-refractivity contribution >= 4 is 5.97 Å². The molecule has 2 heteroatoms. The number of ether oxygens (including phenoxy) is 1. The van der Waals surface area contributed by atoms with E-state index >= 15 is 0 Å². The third-order valence-electron chi connectivity index (χ3n) is 12.0. The van der Waals surface area contributed by atoms with Crippen molar-refractivity contribution in [3.05, 3.63) is 59.7 Å². The molecule has 0 aliphatic heterocycles. The van der Waals surface area contributed by atoms with Gasteiger partial charge in [0.05, 0.1) is 5.56 Å². The summed E-state index contributed by atoms with van der Waals surface area (Å²) < 4.78 is 6.01. The number of benzene rings is 1. The lowest BCUT2D eigenvalue weighted by Gasteiger charge is -2.58. The standard InChI is InChI=1S/C36H52O2/c1-7-26(24(2)3)14-13-25(4)31-17-18-32-30-16-15-28-23-29(38-34(37)27-11-9-8-10-12-27)19-21-35(28,5)33(30)20-22-36(31,32)6/h8-15,24-26,29-33H,7,16-23H2,1-6H3. The molecule has 38 heavy (non-hydrogen) atoms. The van der Waals surface area contributed by atoms with E-state index in [2.05, 4.69) is 59.8 Å². The summed E-state index contributed by atoms with van der Waals surface area (Å²) in [7, 11) is 0. The molecule has 4 aliphatic rings. The molecule has 0 spiro atoms. The number of rotatable bonds is 7. The predicted molar refractivity (Wildman–Crippen MR) is 158 cm³/mol. The van der Waals surface area contributed by atoms with Crippen LogP contribution in [-0.2, 0) is 4.74 Å². The molecule has 2 nitrogen and oxygen atoms in total. The molecule has 1 aromatic carbocycles. The Morgan fingerprint density at radius 1 is 1.00 bits per heavy atom. The molecular formula is C36H52O2. The number of hydrogen-bond acceptors (Lipinski definition) is 2. The van der Waals surface area contributed by atoms with Gasteiger partial charge in [-0.1, -0.05) is 83.5 Å². The zero-order valence-corrected chi connectivity index (χ0v) is 24.9. The Kier molecular flexibility index (Phi) is 8.01. The van der Waals surface area contributed by atoms with E-state index in [0.29, 0.717) is 22.8 Å². The second-order valence-electron chi connectivity index (χ2n) is 14.2. The van der Waals surface area contributed by atoms with Crippen LogP contribution < -0.4 is 0 Å². The van der Waals surface area contributed by atoms with Gasteiger partial charge >= 0.3 is 5.97 Å². The van der Waals surface area contributed by atoms with Crippen LogP contribution in [0.4, 0.5) is 0 Å². The zero-order valence-electron chi connectivity index (χ0n) is 24.9. The topological polar surface area (TPSA) is 26.3 Å². The van der Waals surface area contributed by atoms with Crippen molar-refractivity contribution in [1.82, 2.24) is 0 Å². The Balaban J connectivity index is 1.27. The third-order valence-corrected chi connectivity index (χ3v) is 12.0. The Hall–Kier alpha value is -1.83. The van der Waals surface area contributed by atoms with Gasteiger partial charge in [0.15, 0.2) is 0 Å². The molecule has 5 rings (SSSR count). The number of allylic oxidation sites excluding steroid dienone is 3. The summed E-state index contributed by atoms with van der Waals surface area (Å²) >= 11 is 0. The Morgan fingerprint density at radius 3 is 2.47 bits per heavy atom. The molecule has 0 bridgehead atoms. The average molecular weight is 517 g/mol. The number of carbonyl (C=O) groups is 1. The molecular weight excluding hydrogens is 464 g/mol. The van der Waals surface area contributed by atoms with Gasteiger partial charge in [0.2, 0.25) is 0 Å². The molecule has 1 aromatic rings. The first-order chi connectivity index (χ1) is 18.2. The van der Waals surface area contributed by atoms with E-state index in [1.807, 2.05) is 30.3 Å². The Morgan fingerprint density at radius 2 is 1.76 bits per heavy atom. The van der Waals surface area contributed by atoms with Crippen LogP contribution >= 0.6 is 0 Å². The van der Waals surface area contributed by atoms with Gasteiger partial charge < -0.3 is 4.74 Å². The maximum absolute atomic E-state index is 12.7. The quantitative estimate of drug-likeness (QED) is 0.266. The molecule has 0 heterocycles. The average Bonchev–Trinajstić information content (AvgIpc) is 3.26. The van der Waals surface area contributed by atoms with Gasteiger partial charge in [-0.25, -0.2) is 4.79 Å². The molecule has 9 atom stereocenters. The van der Waals surface area contributed by atoms with E-state index in [1.54, 1.807) is 5.57 Å². The van der Waals surface area contributed by atoms with Gasteiger partial charge in [-0.15, -0.1) is 0 Å². The van der Waals surface area contributed by atoms with Crippen LogP contribution in [-0.4, -0.2) is 12.1 Å². The summed E-state index contributed by atoms with van der Waals surface area (Å²) in [6, 6.07) is 9.48. The van der Waals surface area contributed by atoms with E-state index in [4.69, 9.17) is 4.74 Å². The fourth-order valence-electron chi connectivity index (χ4n) is 9.71. The van der Waals surface area contributed by atoms with Gasteiger partial charge in [0.1, 0.15) is 6.10 Å². The largest absolute Gasteiger partial charge is 0.458 e. The summed E-state index contributed by atoms with van der Waals surface area (Å²) in [5.41, 5.74) is 3.02. The summed E-state index contributed by atoms with van der Waals surface area (Å²) in [4.78, 5) is 12.7. The summed E-state index contributed by atoms with van der Waals surface area (Å²) in [6.45, 7) is 14.8. The molecule has 208 valence electrons. The molecule has 0 radical (unpaired) electrons. The Bertz CT molecular complexity index is 1040. The molecule has 3 fully saturated rings. The van der Waals surface area contributed by atoms with Crippen molar-refractivity contribution in [2.75, 3.05) is 0 Å². The highest BCUT2D eigenvalue weighted by molar-refractivity contribution is 5.89. The molecule has 3 saturated carbocycles. The minimum atomic E-state index is -0.166. The number of carbonyl (C=O) groups excluding carboxylic acids is 1. The van der Waals surface area contributed by atoms with E-state index in [1.165, 1.54) is 38.5 Å². The van der Waals surface area contributed by atoms with Gasteiger partial charge in [-0.2, -0.15) is 0 Å². The van der Waals surface area contributed by atoms with E-state index < -0.39 is 0 Å². The van der Waals surface area contributed by atoms with Crippen molar-refractivity contribution in [3.63, 3.8) is 0 Å². The fraction of sp³-hybridized carbons (Fsp3) is 0.694. The highest BCUT2D eigenvalue weighted by atomic mass is 16.5. The van der Waals surface area contributed by atoms with Gasteiger partial charge in [0.25, 0.3) is 0 Å². The first-order valence-electron chi connectivity index (χ1n) is 15.8. The molecule has 0 saturated heterocycles. The first kappa shape index (κ1) is 27.7. The number of fused-ring (bicyclic) bond motifs is 5. The minimum absolute atomic E-state index is 0.0220. The molecule has 0 N–H and O–H groups in total. The smallest absolute Gasteiger partial charge is 0.338 e. The monoisotopic (exact) mass is 516 g/mol. The summed E-state index contributed by atoms with van der Waals surface area (Å²) in [5, 5.41) is 0. The maximum atomic E-state index is 12.7. The maximum Gasteiger partial charge on any atom is 0.338 e. The van der Waals surface area contributed by atoms with Crippen molar-refractivity contribution in [1.29, 1.82) is 0 Å². The molecule has 4 aliphatic carbocycles. The van der Waals surface area contributed by atoms with Crippen molar-refractivity contribution in [2.24, 2.45) is 52.3 Å². The second kappa shape index (κ2) is 11.0. The van der Waals surface area contributed by atoms with Crippen molar-refractivity contribution < 1.29 is 9.53 Å². The third kappa shape index (κ3) is 4.95. The minimum Gasteiger partial charge on any atom is -0.458 e. The molecule has 0 amide bonds. The van der Waals surface area contributed by atoms with Crippen molar-refractivity contribution in [3.8, 4) is 0 Å². The summed E-state index contributed by atoms with van der Waals surface area (Å²) in [6.07, 6.45) is 18.9. The Labute approximate surface area is 232 Å². The second-order valence-corrected chi connectivity index (χ2v) is 14.2. The molecule has 9 unspecified atom stereocenters. The van der Waals surface area contributed by atoms with Gasteiger partial charge in [0, 0.05) is 6.42 Å². The van der Waals surface area contributed by atoms with E-state index in [-0.39, 0.29) is 17.5 Å². The van der Waals surface area contributed by atoms with Crippen LogP contribution in [0.5, 0.6) is 0 Å². The SMILES string of the molecule is CCC(C=CC(C)C1CCC2C3CC=C4CC(OC(=O)c5ccccc5)CCC4(C)C3CCC12C)C(C)C. The van der Waals surface area contributed by atoms with Gasteiger partial charge in [-0.3, -0.25) is 0 Å². The highest BCUT2D eigenvalue weighted by Crippen LogP contribution is 2.67. The van der Waals surface area contributed by atoms with Crippen LogP contribution in [0.25, 0.3) is 0 Å². The van der Waals surface area contributed by atoms with E-state index in [0.717, 1.165) is 48.9 Å². The summed E-state index contributed by atoms with van der Waals surface area (Å²) in [5.74, 6) is 5.24. The van der Waals surface area contributed by atoms with Crippen LogP contribution in [0, 0.1) is 52.3 Å². The van der Waals surface area contributed by atoms with Crippen LogP contribution in [0.2, 0.25) is 0 Å². The normalized spacial score (nSPS) is 38.2. The van der Waals surface area contributed by atoms with Crippen LogP contribution in [0.3, 0.4) is 0 Å². The lowest BCUT2D eigenvalue weighted by Crippen LogP contribution is -2.51. The zero-order chi connectivity index (χ0) is 27.1. The van der Waals surface area contributed by atoms with Crippen LogP contribution in [0.1, 0.15) is 110 Å². The highest BCUT2D eigenvalue weighted by Gasteiger charge is 2.59. The fourth-order valence-corrected chi connectivity index (χ4v) is 9.71. The first-order valence-corrected chi connectivity index (χ1v) is 15.8. The number of hydrogen-bond donors (Lipinski definition) is 0. The number of esters is 1. The van der Waals surface area contributed by atoms with Crippen LogP contribution in [0.15, 0.2) is 54.1 Å². The van der Waals surface area contributed by atoms with Crippen molar-refractivity contribution in [2.45, 2.75) is 105 Å². The van der Waals surface area contributed by atoms with Gasteiger partial charge in [-0.05, 0) is 116 Å². The molecule has 0 aromatic heterocycles.